The van der Waals surface area contributed by atoms with Gasteiger partial charge in [-0.3, -0.25) is 4.79 Å². The zero-order valence-corrected chi connectivity index (χ0v) is 11.4. The van der Waals surface area contributed by atoms with Gasteiger partial charge in [0.1, 0.15) is 5.82 Å². The van der Waals surface area contributed by atoms with E-state index in [1.165, 1.54) is 12.1 Å². The Morgan fingerprint density at radius 1 is 1.11 bits per heavy atom. The molecule has 2 aromatic carbocycles. The van der Waals surface area contributed by atoms with E-state index < -0.39 is 23.2 Å². The molecule has 0 unspecified atom stereocenters. The molecule has 0 fully saturated rings. The maximum absolute atomic E-state index is 13.4. The highest BCUT2D eigenvalue weighted by atomic mass is 79.9. The largest absolute Gasteiger partial charge is 0.289 e. The molecule has 2 aromatic rings. The number of aryl methyl sites for hydroxylation is 1. The molecule has 0 aliphatic carbocycles. The molecule has 1 nitrogen and oxygen atoms in total. The fourth-order valence-corrected chi connectivity index (χ4v) is 2.23. The summed E-state index contributed by atoms with van der Waals surface area (Å²) in [6.07, 6.45) is 0. The zero-order valence-electron chi connectivity index (χ0n) is 9.81. The fourth-order valence-electron chi connectivity index (χ4n) is 1.72. The summed E-state index contributed by atoms with van der Waals surface area (Å²) >= 11 is 2.84. The lowest BCUT2D eigenvalue weighted by Gasteiger charge is -2.06. The minimum absolute atomic E-state index is 0.0519. The number of carbonyl (C=O) groups is 1. The van der Waals surface area contributed by atoms with Crippen LogP contribution in [0.15, 0.2) is 34.8 Å². The highest BCUT2D eigenvalue weighted by Crippen LogP contribution is 2.25. The van der Waals surface area contributed by atoms with E-state index in [1.807, 2.05) is 0 Å². The SMILES string of the molecule is Cc1cc(F)cc(C(=O)c2ccc(F)c(F)c2Br)c1. The standard InChI is InChI=1S/C14H8BrF3O/c1-7-4-8(6-9(16)5-7)14(19)10-2-3-11(17)13(18)12(10)15/h2-6H,1H3. The van der Waals surface area contributed by atoms with Gasteiger partial charge in [-0.05, 0) is 58.7 Å². The van der Waals surface area contributed by atoms with Crippen molar-refractivity contribution in [2.75, 3.05) is 0 Å². The summed E-state index contributed by atoms with van der Waals surface area (Å²) < 4.78 is 39.3. The van der Waals surface area contributed by atoms with E-state index in [0.717, 1.165) is 18.2 Å². The Labute approximate surface area is 116 Å². The normalized spacial score (nSPS) is 10.6. The number of hydrogen-bond acceptors (Lipinski definition) is 1. The molecule has 0 aliphatic heterocycles. The quantitative estimate of drug-likeness (QED) is 0.589. The third-order valence-electron chi connectivity index (χ3n) is 2.58. The molecule has 0 aromatic heterocycles. The molecule has 0 saturated carbocycles. The predicted molar refractivity (Wildman–Crippen MR) is 68.6 cm³/mol. The van der Waals surface area contributed by atoms with E-state index in [0.29, 0.717) is 5.56 Å². The molecule has 0 N–H and O–H groups in total. The second-order valence-electron chi connectivity index (χ2n) is 4.07. The first kappa shape index (κ1) is 13.8. The number of halogens is 4. The maximum Gasteiger partial charge on any atom is 0.194 e. The van der Waals surface area contributed by atoms with Crippen molar-refractivity contribution in [1.82, 2.24) is 0 Å². The Bertz CT molecular complexity index is 648. The van der Waals surface area contributed by atoms with Gasteiger partial charge in [0.05, 0.1) is 4.47 Å². The van der Waals surface area contributed by atoms with Gasteiger partial charge >= 0.3 is 0 Å². The van der Waals surface area contributed by atoms with Gasteiger partial charge in [-0.2, -0.15) is 0 Å². The van der Waals surface area contributed by atoms with Crippen LogP contribution in [-0.2, 0) is 0 Å². The van der Waals surface area contributed by atoms with E-state index in [2.05, 4.69) is 15.9 Å². The lowest BCUT2D eigenvalue weighted by Crippen LogP contribution is -2.05. The van der Waals surface area contributed by atoms with Crippen LogP contribution >= 0.6 is 15.9 Å². The highest BCUT2D eigenvalue weighted by Gasteiger charge is 2.18. The molecule has 0 saturated heterocycles. The van der Waals surface area contributed by atoms with Crippen molar-refractivity contribution in [1.29, 1.82) is 0 Å². The van der Waals surface area contributed by atoms with Gasteiger partial charge in [-0.15, -0.1) is 0 Å². The van der Waals surface area contributed by atoms with Crippen molar-refractivity contribution >= 4 is 21.7 Å². The van der Waals surface area contributed by atoms with Gasteiger partial charge in [0.25, 0.3) is 0 Å². The van der Waals surface area contributed by atoms with Gasteiger partial charge in [0.15, 0.2) is 17.4 Å². The van der Waals surface area contributed by atoms with E-state index >= 15 is 0 Å². The Morgan fingerprint density at radius 2 is 1.79 bits per heavy atom. The third-order valence-corrected chi connectivity index (χ3v) is 3.36. The van der Waals surface area contributed by atoms with Crippen molar-refractivity contribution in [2.24, 2.45) is 0 Å². The average molecular weight is 329 g/mol. The molecule has 5 heteroatoms. The molecular formula is C14H8BrF3O. The molecule has 0 radical (unpaired) electrons. The van der Waals surface area contributed by atoms with Crippen LogP contribution < -0.4 is 0 Å². The monoisotopic (exact) mass is 328 g/mol. The number of hydrogen-bond donors (Lipinski definition) is 0. The first-order valence-electron chi connectivity index (χ1n) is 5.35. The van der Waals surface area contributed by atoms with Gasteiger partial charge in [0.2, 0.25) is 0 Å². The average Bonchev–Trinajstić information content (AvgIpc) is 2.34. The predicted octanol–water partition coefficient (Wildman–Crippen LogP) is 4.41. The molecule has 2 rings (SSSR count). The Morgan fingerprint density at radius 3 is 2.42 bits per heavy atom. The zero-order chi connectivity index (χ0) is 14.2. The van der Waals surface area contributed by atoms with Crippen LogP contribution in [-0.4, -0.2) is 5.78 Å². The topological polar surface area (TPSA) is 17.1 Å². The third kappa shape index (κ3) is 2.71. The van der Waals surface area contributed by atoms with Crippen molar-refractivity contribution in [3.05, 3.63) is 68.9 Å². The van der Waals surface area contributed by atoms with Gasteiger partial charge in [-0.1, -0.05) is 0 Å². The first-order chi connectivity index (χ1) is 8.90. The summed E-state index contributed by atoms with van der Waals surface area (Å²) in [6, 6.07) is 5.84. The summed E-state index contributed by atoms with van der Waals surface area (Å²) in [7, 11) is 0. The van der Waals surface area contributed by atoms with Gasteiger partial charge in [0, 0.05) is 11.1 Å². The smallest absolute Gasteiger partial charge is 0.194 e. The minimum atomic E-state index is -1.14. The van der Waals surface area contributed by atoms with E-state index in [9.17, 15) is 18.0 Å². The second-order valence-corrected chi connectivity index (χ2v) is 4.86. The van der Waals surface area contributed by atoms with Crippen LogP contribution in [0.5, 0.6) is 0 Å². The van der Waals surface area contributed by atoms with Crippen molar-refractivity contribution < 1.29 is 18.0 Å². The summed E-state index contributed by atoms with van der Waals surface area (Å²) in [5, 5.41) is 0. The molecule has 0 spiro atoms. The summed E-state index contributed by atoms with van der Waals surface area (Å²) in [6.45, 7) is 1.64. The lowest BCUT2D eigenvalue weighted by atomic mass is 10.0. The fraction of sp³-hybridized carbons (Fsp3) is 0.0714. The Hall–Kier alpha value is -1.62. The lowest BCUT2D eigenvalue weighted by molar-refractivity contribution is 0.103. The van der Waals surface area contributed by atoms with E-state index in [4.69, 9.17) is 0 Å². The molecule has 0 amide bonds. The van der Waals surface area contributed by atoms with Crippen LogP contribution in [0, 0.1) is 24.4 Å². The van der Waals surface area contributed by atoms with Gasteiger partial charge in [-0.25, -0.2) is 13.2 Å². The number of ketones is 1. The van der Waals surface area contributed by atoms with Crippen LogP contribution in [0.2, 0.25) is 0 Å². The number of rotatable bonds is 2. The van der Waals surface area contributed by atoms with Crippen molar-refractivity contribution in [2.45, 2.75) is 6.92 Å². The molecule has 19 heavy (non-hydrogen) atoms. The van der Waals surface area contributed by atoms with Crippen LogP contribution in [0.3, 0.4) is 0 Å². The molecule has 0 atom stereocenters. The molecule has 0 aliphatic rings. The van der Waals surface area contributed by atoms with Gasteiger partial charge < -0.3 is 0 Å². The van der Waals surface area contributed by atoms with Crippen LogP contribution in [0.4, 0.5) is 13.2 Å². The second kappa shape index (κ2) is 5.17. The summed E-state index contributed by atoms with van der Waals surface area (Å²) in [5.74, 6) is -3.33. The van der Waals surface area contributed by atoms with E-state index in [-0.39, 0.29) is 15.6 Å². The summed E-state index contributed by atoms with van der Waals surface area (Å²) in [4.78, 5) is 12.1. The number of carbonyl (C=O) groups excluding carboxylic acids is 1. The van der Waals surface area contributed by atoms with E-state index in [1.54, 1.807) is 6.92 Å². The maximum atomic E-state index is 13.4. The number of benzene rings is 2. The Kier molecular flexibility index (Phi) is 3.75. The summed E-state index contributed by atoms with van der Waals surface area (Å²) in [5.41, 5.74) is 0.607. The first-order valence-corrected chi connectivity index (χ1v) is 6.15. The molecular weight excluding hydrogens is 321 g/mol. The molecule has 98 valence electrons. The van der Waals surface area contributed by atoms with Crippen LogP contribution in [0.1, 0.15) is 21.5 Å². The Balaban J connectivity index is 2.53. The highest BCUT2D eigenvalue weighted by molar-refractivity contribution is 9.10. The minimum Gasteiger partial charge on any atom is -0.289 e. The molecule has 0 bridgehead atoms. The van der Waals surface area contributed by atoms with Crippen LogP contribution in [0.25, 0.3) is 0 Å². The van der Waals surface area contributed by atoms with Crippen molar-refractivity contribution in [3.8, 4) is 0 Å². The van der Waals surface area contributed by atoms with Crippen molar-refractivity contribution in [3.63, 3.8) is 0 Å². The molecule has 0 heterocycles.